The molecular formula is C6H11NO5P+. The molecule has 0 heterocycles. The molecule has 0 spiro atoms. The smallest absolute Gasteiger partial charge is 0.369 e. The number of hydrogen-bond acceptors (Lipinski definition) is 4. The topological polar surface area (TPSA) is 104 Å². The zero-order valence-electron chi connectivity index (χ0n) is 7.06. The monoisotopic (exact) mass is 208 g/mol. The molecule has 0 aromatic rings. The van der Waals surface area contributed by atoms with E-state index in [1.165, 1.54) is 6.92 Å². The third kappa shape index (κ3) is 5.27. The number of rotatable bonds is 5. The predicted octanol–water partition coefficient (Wildman–Crippen LogP) is -0.647. The van der Waals surface area contributed by atoms with E-state index >= 15 is 0 Å². The first-order valence-electron chi connectivity index (χ1n) is 3.50. The Labute approximate surface area is 75.7 Å². The number of amides is 1. The highest BCUT2D eigenvalue weighted by Crippen LogP contribution is 2.18. The standard InChI is InChI=1S/C6H10NO5P/c1-4(9)7-5(6(10)11)2-13(12)3-8/h5,8H,2-3H2,1H3,(H-,7,9,10,11)/p+1. The second-order valence-corrected chi connectivity index (χ2v) is 4.01. The largest absolute Gasteiger partial charge is 0.480 e. The Morgan fingerprint density at radius 3 is 2.38 bits per heavy atom. The first-order valence-corrected chi connectivity index (χ1v) is 5.13. The van der Waals surface area contributed by atoms with Gasteiger partial charge in [0, 0.05) is 6.92 Å². The number of carbonyl (C=O) groups excluding carboxylic acids is 1. The minimum Gasteiger partial charge on any atom is -0.480 e. The average Bonchev–Trinajstić information content (AvgIpc) is 2.02. The molecule has 0 rings (SSSR count). The fourth-order valence-electron chi connectivity index (χ4n) is 0.692. The van der Waals surface area contributed by atoms with Gasteiger partial charge in [-0.1, -0.05) is 4.57 Å². The van der Waals surface area contributed by atoms with Gasteiger partial charge in [0.1, 0.15) is 0 Å². The highest BCUT2D eigenvalue weighted by atomic mass is 31.1. The molecule has 2 unspecified atom stereocenters. The van der Waals surface area contributed by atoms with Crippen LogP contribution < -0.4 is 5.32 Å². The number of hydrogen-bond donors (Lipinski definition) is 3. The number of aliphatic carboxylic acids is 1. The molecule has 0 fully saturated rings. The van der Waals surface area contributed by atoms with Crippen molar-refractivity contribution >= 4 is 19.7 Å². The van der Waals surface area contributed by atoms with Gasteiger partial charge in [-0.25, -0.2) is 4.79 Å². The van der Waals surface area contributed by atoms with Gasteiger partial charge in [0.05, 0.1) is 0 Å². The van der Waals surface area contributed by atoms with E-state index in [4.69, 9.17) is 10.2 Å². The molecule has 3 N–H and O–H groups in total. The predicted molar refractivity (Wildman–Crippen MR) is 44.8 cm³/mol. The van der Waals surface area contributed by atoms with Gasteiger partial charge in [-0.05, 0) is 0 Å². The van der Waals surface area contributed by atoms with E-state index < -0.39 is 32.1 Å². The summed E-state index contributed by atoms with van der Waals surface area (Å²) in [5, 5.41) is 19.1. The summed E-state index contributed by atoms with van der Waals surface area (Å²) in [6.07, 6.45) is -0.820. The summed E-state index contributed by atoms with van der Waals surface area (Å²) >= 11 is 0. The SMILES string of the molecule is CC(=O)NC(C[P+](=O)CO)C(=O)O. The molecule has 0 bridgehead atoms. The number of carboxylic acid groups (broad SMARTS) is 1. The number of carbonyl (C=O) groups is 2. The normalized spacial score (nSPS) is 13.2. The van der Waals surface area contributed by atoms with Crippen LogP contribution in [0.3, 0.4) is 0 Å². The van der Waals surface area contributed by atoms with E-state index in [2.05, 4.69) is 5.32 Å². The van der Waals surface area contributed by atoms with E-state index in [1.54, 1.807) is 0 Å². The van der Waals surface area contributed by atoms with Crippen molar-refractivity contribution in [2.75, 3.05) is 12.5 Å². The summed E-state index contributed by atoms with van der Waals surface area (Å²) in [5.41, 5.74) is 0. The van der Waals surface area contributed by atoms with Crippen LogP contribution in [0.4, 0.5) is 0 Å². The quantitative estimate of drug-likeness (QED) is 0.521. The number of carboxylic acids is 1. The van der Waals surface area contributed by atoms with E-state index in [1.807, 2.05) is 0 Å². The van der Waals surface area contributed by atoms with Crippen LogP contribution in [0.1, 0.15) is 6.92 Å². The summed E-state index contributed by atoms with van der Waals surface area (Å²) in [4.78, 5) is 21.0. The van der Waals surface area contributed by atoms with Crippen LogP contribution in [0, 0.1) is 0 Å². The van der Waals surface area contributed by atoms with Crippen molar-refractivity contribution in [3.8, 4) is 0 Å². The number of aliphatic hydroxyl groups excluding tert-OH is 1. The molecule has 6 nitrogen and oxygen atoms in total. The van der Waals surface area contributed by atoms with Crippen LogP contribution >= 0.6 is 7.80 Å². The van der Waals surface area contributed by atoms with Gasteiger partial charge < -0.3 is 15.5 Å². The van der Waals surface area contributed by atoms with E-state index in [0.717, 1.165) is 0 Å². The maximum absolute atomic E-state index is 10.8. The molecule has 0 saturated heterocycles. The van der Waals surface area contributed by atoms with Gasteiger partial charge in [-0.15, -0.1) is 0 Å². The fourth-order valence-corrected chi connectivity index (χ4v) is 1.46. The van der Waals surface area contributed by atoms with Gasteiger partial charge >= 0.3 is 13.8 Å². The molecule has 0 aliphatic heterocycles. The van der Waals surface area contributed by atoms with Crippen molar-refractivity contribution < 1.29 is 24.4 Å². The minimum atomic E-state index is -1.97. The van der Waals surface area contributed by atoms with Crippen LogP contribution in [0.5, 0.6) is 0 Å². The summed E-state index contributed by atoms with van der Waals surface area (Å²) < 4.78 is 10.8. The maximum Gasteiger partial charge on any atom is 0.369 e. The molecule has 0 radical (unpaired) electrons. The third-order valence-electron chi connectivity index (χ3n) is 1.22. The number of aliphatic hydroxyl groups is 1. The van der Waals surface area contributed by atoms with Crippen LogP contribution in [0.25, 0.3) is 0 Å². The zero-order valence-corrected chi connectivity index (χ0v) is 7.95. The lowest BCUT2D eigenvalue weighted by molar-refractivity contribution is -0.140. The average molecular weight is 208 g/mol. The summed E-state index contributed by atoms with van der Waals surface area (Å²) in [6, 6.07) is -1.19. The highest BCUT2D eigenvalue weighted by Gasteiger charge is 2.28. The molecule has 0 aliphatic rings. The maximum atomic E-state index is 10.8. The molecule has 7 heteroatoms. The minimum absolute atomic E-state index is 0.249. The lowest BCUT2D eigenvalue weighted by Gasteiger charge is -2.06. The lowest BCUT2D eigenvalue weighted by Crippen LogP contribution is -2.41. The second-order valence-electron chi connectivity index (χ2n) is 2.40. The van der Waals surface area contributed by atoms with E-state index in [0.29, 0.717) is 0 Å². The molecule has 1 amide bonds. The Balaban J connectivity index is 4.18. The molecule has 0 aromatic carbocycles. The van der Waals surface area contributed by atoms with Crippen molar-refractivity contribution in [2.24, 2.45) is 0 Å². The first kappa shape index (κ1) is 12.0. The Morgan fingerprint density at radius 1 is 1.54 bits per heavy atom. The number of nitrogens with one attached hydrogen (secondary N) is 1. The Hall–Kier alpha value is -1.00. The van der Waals surface area contributed by atoms with Gasteiger partial charge in [-0.3, -0.25) is 4.79 Å². The zero-order chi connectivity index (χ0) is 10.4. The van der Waals surface area contributed by atoms with E-state index in [-0.39, 0.29) is 6.16 Å². The first-order chi connectivity index (χ1) is 5.97. The van der Waals surface area contributed by atoms with Crippen LogP contribution in [0.2, 0.25) is 0 Å². The van der Waals surface area contributed by atoms with Gasteiger partial charge in [0.15, 0.2) is 12.2 Å². The summed E-state index contributed by atoms with van der Waals surface area (Å²) in [6.45, 7) is 1.17. The van der Waals surface area contributed by atoms with Crippen molar-refractivity contribution in [3.63, 3.8) is 0 Å². The Morgan fingerprint density at radius 2 is 2.08 bits per heavy atom. The third-order valence-corrected chi connectivity index (χ3v) is 2.31. The molecule has 13 heavy (non-hydrogen) atoms. The summed E-state index contributed by atoms with van der Waals surface area (Å²) in [7, 11) is -1.97. The van der Waals surface area contributed by atoms with Crippen LogP contribution in [0.15, 0.2) is 0 Å². The molecule has 0 saturated carbocycles. The van der Waals surface area contributed by atoms with Crippen molar-refractivity contribution in [2.45, 2.75) is 13.0 Å². The van der Waals surface area contributed by atoms with Crippen molar-refractivity contribution in [1.29, 1.82) is 0 Å². The van der Waals surface area contributed by atoms with Gasteiger partial charge in [0.2, 0.25) is 12.3 Å². The van der Waals surface area contributed by atoms with Gasteiger partial charge in [0.25, 0.3) is 0 Å². The molecule has 0 aliphatic carbocycles. The highest BCUT2D eigenvalue weighted by molar-refractivity contribution is 7.44. The van der Waals surface area contributed by atoms with Gasteiger partial charge in [-0.2, -0.15) is 0 Å². The molecule has 2 atom stereocenters. The molecular weight excluding hydrogens is 197 g/mol. The van der Waals surface area contributed by atoms with Crippen molar-refractivity contribution in [3.05, 3.63) is 0 Å². The van der Waals surface area contributed by atoms with Crippen LogP contribution in [-0.4, -0.2) is 40.6 Å². The van der Waals surface area contributed by atoms with Crippen LogP contribution in [-0.2, 0) is 14.2 Å². The lowest BCUT2D eigenvalue weighted by atomic mass is 10.3. The Bertz CT molecular complexity index is 229. The molecule has 0 aromatic heterocycles. The Kier molecular flexibility index (Phi) is 5.18. The fraction of sp³-hybridized carbons (Fsp3) is 0.667. The summed E-state index contributed by atoms with van der Waals surface area (Å²) in [5.74, 6) is -1.76. The second kappa shape index (κ2) is 5.61. The van der Waals surface area contributed by atoms with Crippen molar-refractivity contribution in [1.82, 2.24) is 5.32 Å². The van der Waals surface area contributed by atoms with E-state index in [9.17, 15) is 14.2 Å². The molecule has 74 valence electrons.